The fourth-order valence-corrected chi connectivity index (χ4v) is 2.53. The minimum atomic E-state index is -0.643. The van der Waals surface area contributed by atoms with Gasteiger partial charge >= 0.3 is 6.09 Å². The number of imide groups is 1. The van der Waals surface area contributed by atoms with Crippen LogP contribution in [0.5, 0.6) is 11.5 Å². The van der Waals surface area contributed by atoms with Crippen molar-refractivity contribution in [1.29, 1.82) is 0 Å². The number of fused-ring (bicyclic) bond motifs is 1. The number of rotatable bonds is 7. The standard InChI is InChI=1S/C18H25N3O6/c1-6-26-14-10-12-11(9-13(14)25-5)15(22)21(16(12)23)8-7-19-20-17(24)27-18(2,3)4/h9-10,19H,6-8H2,1-5H3,(H,20,24). The first-order valence-corrected chi connectivity index (χ1v) is 8.60. The quantitative estimate of drug-likeness (QED) is 0.422. The van der Waals surface area contributed by atoms with Crippen LogP contribution in [0.1, 0.15) is 48.4 Å². The number of carbonyl (C=O) groups is 3. The van der Waals surface area contributed by atoms with Gasteiger partial charge in [-0.3, -0.25) is 19.9 Å². The topological polar surface area (TPSA) is 106 Å². The Bertz CT molecular complexity index is 741. The van der Waals surface area contributed by atoms with E-state index in [0.29, 0.717) is 18.1 Å². The molecule has 0 radical (unpaired) electrons. The zero-order valence-electron chi connectivity index (χ0n) is 16.2. The number of hydrogen-bond donors (Lipinski definition) is 2. The summed E-state index contributed by atoms with van der Waals surface area (Å²) in [5.41, 5.74) is 4.91. The molecule has 0 atom stereocenters. The van der Waals surface area contributed by atoms with Crippen LogP contribution in [0.15, 0.2) is 12.1 Å². The molecule has 0 aromatic heterocycles. The van der Waals surface area contributed by atoms with Gasteiger partial charge in [0.2, 0.25) is 0 Å². The Hall–Kier alpha value is -2.81. The number of ether oxygens (including phenoxy) is 3. The number of nitrogens with zero attached hydrogens (tertiary/aromatic N) is 1. The van der Waals surface area contributed by atoms with E-state index in [9.17, 15) is 14.4 Å². The first kappa shape index (κ1) is 20.5. The van der Waals surface area contributed by atoms with E-state index in [1.54, 1.807) is 20.8 Å². The lowest BCUT2D eigenvalue weighted by Gasteiger charge is -2.20. The van der Waals surface area contributed by atoms with Crippen molar-refractivity contribution in [3.63, 3.8) is 0 Å². The fourth-order valence-electron chi connectivity index (χ4n) is 2.53. The SMILES string of the molecule is CCOc1cc2c(cc1OC)C(=O)N(CCNNC(=O)OC(C)(C)C)C2=O. The molecule has 0 saturated carbocycles. The van der Waals surface area contributed by atoms with Crippen molar-refractivity contribution in [2.24, 2.45) is 0 Å². The third-order valence-electron chi connectivity index (χ3n) is 3.60. The van der Waals surface area contributed by atoms with Crippen LogP contribution in [0, 0.1) is 0 Å². The lowest BCUT2D eigenvalue weighted by Crippen LogP contribution is -2.45. The van der Waals surface area contributed by atoms with E-state index in [1.807, 2.05) is 6.92 Å². The average Bonchev–Trinajstić information content (AvgIpc) is 2.80. The molecule has 0 aliphatic carbocycles. The predicted molar refractivity (Wildman–Crippen MR) is 96.9 cm³/mol. The maximum atomic E-state index is 12.5. The molecule has 9 nitrogen and oxygen atoms in total. The van der Waals surface area contributed by atoms with E-state index in [4.69, 9.17) is 14.2 Å². The zero-order valence-corrected chi connectivity index (χ0v) is 16.2. The van der Waals surface area contributed by atoms with Gasteiger partial charge in [-0.15, -0.1) is 0 Å². The van der Waals surface area contributed by atoms with E-state index in [0.717, 1.165) is 4.90 Å². The molecule has 0 saturated heterocycles. The summed E-state index contributed by atoms with van der Waals surface area (Å²) in [6, 6.07) is 3.03. The molecule has 1 aliphatic rings. The Labute approximate surface area is 157 Å². The van der Waals surface area contributed by atoms with Crippen molar-refractivity contribution in [1.82, 2.24) is 15.8 Å². The molecule has 3 amide bonds. The number of amides is 3. The molecule has 2 N–H and O–H groups in total. The van der Waals surface area contributed by atoms with Gasteiger partial charge in [0.15, 0.2) is 11.5 Å². The summed E-state index contributed by atoms with van der Waals surface area (Å²) in [5.74, 6) is -0.0390. The second kappa shape index (κ2) is 8.26. The van der Waals surface area contributed by atoms with Crippen LogP contribution in [0.3, 0.4) is 0 Å². The van der Waals surface area contributed by atoms with Gasteiger partial charge in [-0.1, -0.05) is 0 Å². The summed E-state index contributed by atoms with van der Waals surface area (Å²) in [4.78, 5) is 37.7. The van der Waals surface area contributed by atoms with Gasteiger partial charge in [-0.25, -0.2) is 10.2 Å². The molecule has 9 heteroatoms. The second-order valence-corrected chi connectivity index (χ2v) is 6.80. The third-order valence-corrected chi connectivity index (χ3v) is 3.60. The Kier molecular flexibility index (Phi) is 6.27. The lowest BCUT2D eigenvalue weighted by molar-refractivity contribution is 0.0496. The first-order valence-electron chi connectivity index (χ1n) is 8.60. The molecule has 0 fully saturated rings. The van der Waals surface area contributed by atoms with Crippen molar-refractivity contribution in [2.75, 3.05) is 26.8 Å². The number of carbonyl (C=O) groups excluding carboxylic acids is 3. The minimum absolute atomic E-state index is 0.0778. The summed E-state index contributed by atoms with van der Waals surface area (Å²) in [7, 11) is 1.47. The fraction of sp³-hybridized carbons (Fsp3) is 0.500. The Morgan fingerprint density at radius 1 is 1.11 bits per heavy atom. The highest BCUT2D eigenvalue weighted by Crippen LogP contribution is 2.35. The van der Waals surface area contributed by atoms with Crippen molar-refractivity contribution < 1.29 is 28.6 Å². The predicted octanol–water partition coefficient (Wildman–Crippen LogP) is 1.72. The van der Waals surface area contributed by atoms with Crippen LogP contribution in [-0.2, 0) is 4.74 Å². The highest BCUT2D eigenvalue weighted by molar-refractivity contribution is 6.21. The Morgan fingerprint density at radius 3 is 2.22 bits per heavy atom. The molecule has 27 heavy (non-hydrogen) atoms. The minimum Gasteiger partial charge on any atom is -0.493 e. The molecular weight excluding hydrogens is 354 g/mol. The van der Waals surface area contributed by atoms with Crippen molar-refractivity contribution in [3.8, 4) is 11.5 Å². The number of methoxy groups -OCH3 is 1. The summed E-state index contributed by atoms with van der Waals surface area (Å²) in [5, 5.41) is 0. The lowest BCUT2D eigenvalue weighted by atomic mass is 10.1. The largest absolute Gasteiger partial charge is 0.493 e. The normalized spacial score (nSPS) is 13.4. The molecule has 0 unspecified atom stereocenters. The molecule has 1 heterocycles. The molecule has 2 rings (SSSR count). The van der Waals surface area contributed by atoms with Crippen LogP contribution in [0.2, 0.25) is 0 Å². The first-order chi connectivity index (χ1) is 12.7. The molecule has 0 bridgehead atoms. The molecule has 1 aliphatic heterocycles. The Morgan fingerprint density at radius 2 is 1.70 bits per heavy atom. The zero-order chi connectivity index (χ0) is 20.2. The summed E-state index contributed by atoms with van der Waals surface area (Å²) in [6.07, 6.45) is -0.643. The maximum Gasteiger partial charge on any atom is 0.422 e. The maximum absolute atomic E-state index is 12.5. The number of hydrazine groups is 1. The van der Waals surface area contributed by atoms with Gasteiger partial charge < -0.3 is 14.2 Å². The molecule has 1 aromatic carbocycles. The third kappa shape index (κ3) is 4.88. The van der Waals surface area contributed by atoms with Crippen LogP contribution in [-0.4, -0.2) is 55.2 Å². The van der Waals surface area contributed by atoms with Crippen LogP contribution in [0.25, 0.3) is 0 Å². The van der Waals surface area contributed by atoms with Gasteiger partial charge in [-0.2, -0.15) is 0 Å². The number of nitrogens with one attached hydrogen (secondary N) is 2. The van der Waals surface area contributed by atoms with Crippen LogP contribution < -0.4 is 20.3 Å². The average molecular weight is 379 g/mol. The summed E-state index contributed by atoms with van der Waals surface area (Å²) in [6.45, 7) is 7.70. The van der Waals surface area contributed by atoms with Crippen LogP contribution in [0.4, 0.5) is 4.79 Å². The van der Waals surface area contributed by atoms with Crippen molar-refractivity contribution in [2.45, 2.75) is 33.3 Å². The monoisotopic (exact) mass is 379 g/mol. The van der Waals surface area contributed by atoms with Gasteiger partial charge in [-0.05, 0) is 39.8 Å². The molecule has 1 aromatic rings. The Balaban J connectivity index is 1.99. The second-order valence-electron chi connectivity index (χ2n) is 6.80. The van der Waals surface area contributed by atoms with E-state index in [1.165, 1.54) is 19.2 Å². The molecule has 148 valence electrons. The van der Waals surface area contributed by atoms with E-state index in [-0.39, 0.29) is 24.2 Å². The van der Waals surface area contributed by atoms with E-state index >= 15 is 0 Å². The molecule has 0 spiro atoms. The number of hydrogen-bond acceptors (Lipinski definition) is 7. The van der Waals surface area contributed by atoms with Crippen LogP contribution >= 0.6 is 0 Å². The summed E-state index contributed by atoms with van der Waals surface area (Å²) >= 11 is 0. The summed E-state index contributed by atoms with van der Waals surface area (Å²) < 4.78 is 15.8. The van der Waals surface area contributed by atoms with Crippen molar-refractivity contribution >= 4 is 17.9 Å². The highest BCUT2D eigenvalue weighted by atomic mass is 16.6. The van der Waals surface area contributed by atoms with Gasteiger partial charge in [0, 0.05) is 13.1 Å². The number of benzene rings is 1. The highest BCUT2D eigenvalue weighted by Gasteiger charge is 2.36. The van der Waals surface area contributed by atoms with E-state index in [2.05, 4.69) is 10.9 Å². The van der Waals surface area contributed by atoms with Gasteiger partial charge in [0.1, 0.15) is 5.60 Å². The van der Waals surface area contributed by atoms with Gasteiger partial charge in [0.05, 0.1) is 24.8 Å². The smallest absolute Gasteiger partial charge is 0.422 e. The molecular formula is C18H25N3O6. The van der Waals surface area contributed by atoms with Crippen molar-refractivity contribution in [3.05, 3.63) is 23.3 Å². The van der Waals surface area contributed by atoms with Gasteiger partial charge in [0.25, 0.3) is 11.8 Å². The van der Waals surface area contributed by atoms with E-state index < -0.39 is 23.5 Å².